The topological polar surface area (TPSA) is 34.1 Å². The van der Waals surface area contributed by atoms with Crippen LogP contribution in [-0.2, 0) is 9.84 Å². The molecule has 0 N–H and O–H groups in total. The number of hydrogen-bond donors (Lipinski definition) is 0. The third kappa shape index (κ3) is 3.17. The maximum absolute atomic E-state index is 12.0. The minimum atomic E-state index is -3.21. The lowest BCUT2D eigenvalue weighted by Crippen LogP contribution is -2.07. The third-order valence-corrected chi connectivity index (χ3v) is 4.04. The fraction of sp³-hybridized carbons (Fsp3) is 0.0714. The highest BCUT2D eigenvalue weighted by atomic mass is 32.2. The smallest absolute Gasteiger partial charge is 0.178 e. The standard InChI is InChI=1S/C14H13O2S/c15-17(16,14-9-5-2-6-10-14)12-11-13-7-3-1-4-8-13/h1-11H,12H2. The predicted molar refractivity (Wildman–Crippen MR) is 68.3 cm³/mol. The van der Waals surface area contributed by atoms with E-state index in [-0.39, 0.29) is 5.75 Å². The van der Waals surface area contributed by atoms with Crippen LogP contribution in [0, 0.1) is 6.42 Å². The Bertz CT molecular complexity index is 560. The van der Waals surface area contributed by atoms with E-state index in [0.29, 0.717) is 4.90 Å². The van der Waals surface area contributed by atoms with Crippen LogP contribution in [0.15, 0.2) is 65.6 Å². The fourth-order valence-corrected chi connectivity index (χ4v) is 2.70. The first-order valence-electron chi connectivity index (χ1n) is 5.34. The molecule has 0 atom stereocenters. The molecule has 3 heteroatoms. The molecule has 0 aromatic heterocycles. The van der Waals surface area contributed by atoms with Crippen molar-refractivity contribution in [2.24, 2.45) is 0 Å². The first-order valence-corrected chi connectivity index (χ1v) is 7.00. The van der Waals surface area contributed by atoms with Gasteiger partial charge >= 0.3 is 0 Å². The molecule has 0 amide bonds. The highest BCUT2D eigenvalue weighted by molar-refractivity contribution is 7.91. The van der Waals surface area contributed by atoms with Gasteiger partial charge in [-0.05, 0) is 17.7 Å². The van der Waals surface area contributed by atoms with Gasteiger partial charge in [0.1, 0.15) is 0 Å². The second kappa shape index (κ2) is 5.15. The zero-order chi connectivity index (χ0) is 12.1. The molecule has 87 valence electrons. The Hall–Kier alpha value is -1.61. The summed E-state index contributed by atoms with van der Waals surface area (Å²) in [6, 6.07) is 18.0. The van der Waals surface area contributed by atoms with Gasteiger partial charge in [-0.2, -0.15) is 0 Å². The van der Waals surface area contributed by atoms with Crippen molar-refractivity contribution in [1.29, 1.82) is 0 Å². The Morgan fingerprint density at radius 1 is 0.824 bits per heavy atom. The van der Waals surface area contributed by atoms with Crippen molar-refractivity contribution in [1.82, 2.24) is 0 Å². The van der Waals surface area contributed by atoms with Crippen molar-refractivity contribution in [2.45, 2.75) is 4.90 Å². The van der Waals surface area contributed by atoms with Crippen molar-refractivity contribution in [3.05, 3.63) is 72.6 Å². The lowest BCUT2D eigenvalue weighted by Gasteiger charge is -2.03. The van der Waals surface area contributed by atoms with Gasteiger partial charge in [0.25, 0.3) is 0 Å². The summed E-state index contributed by atoms with van der Waals surface area (Å²) in [5, 5.41) is 0. The summed E-state index contributed by atoms with van der Waals surface area (Å²) in [4.78, 5) is 0.368. The van der Waals surface area contributed by atoms with Crippen LogP contribution < -0.4 is 0 Å². The van der Waals surface area contributed by atoms with Crippen LogP contribution in [0.5, 0.6) is 0 Å². The van der Waals surface area contributed by atoms with Crippen LogP contribution in [0.4, 0.5) is 0 Å². The van der Waals surface area contributed by atoms with Crippen molar-refractivity contribution in [2.75, 3.05) is 5.75 Å². The van der Waals surface area contributed by atoms with Gasteiger partial charge in [-0.15, -0.1) is 0 Å². The summed E-state index contributed by atoms with van der Waals surface area (Å²) in [5.74, 6) is 0.0288. The molecule has 2 aromatic rings. The van der Waals surface area contributed by atoms with Gasteiger partial charge in [0.15, 0.2) is 9.84 Å². The van der Waals surface area contributed by atoms with Crippen LogP contribution in [-0.4, -0.2) is 14.2 Å². The summed E-state index contributed by atoms with van der Waals surface area (Å²) in [6.07, 6.45) is 1.72. The molecule has 2 nitrogen and oxygen atoms in total. The average molecular weight is 245 g/mol. The van der Waals surface area contributed by atoms with E-state index in [1.807, 2.05) is 30.3 Å². The molecule has 0 aliphatic heterocycles. The van der Waals surface area contributed by atoms with Gasteiger partial charge in [0.2, 0.25) is 0 Å². The first kappa shape index (κ1) is 11.9. The van der Waals surface area contributed by atoms with Crippen molar-refractivity contribution >= 4 is 9.84 Å². The van der Waals surface area contributed by atoms with E-state index in [1.54, 1.807) is 36.8 Å². The van der Waals surface area contributed by atoms with Crippen LogP contribution >= 0.6 is 0 Å². The monoisotopic (exact) mass is 245 g/mol. The van der Waals surface area contributed by atoms with E-state index in [0.717, 1.165) is 5.56 Å². The van der Waals surface area contributed by atoms with E-state index >= 15 is 0 Å². The van der Waals surface area contributed by atoms with Crippen molar-refractivity contribution < 1.29 is 8.42 Å². The van der Waals surface area contributed by atoms with Crippen LogP contribution in [0.3, 0.4) is 0 Å². The number of hydrogen-bond acceptors (Lipinski definition) is 2. The maximum atomic E-state index is 12.0. The predicted octanol–water partition coefficient (Wildman–Crippen LogP) is 2.71. The van der Waals surface area contributed by atoms with Gasteiger partial charge in [0.05, 0.1) is 10.6 Å². The Balaban J connectivity index is 2.09. The maximum Gasteiger partial charge on any atom is 0.178 e. The molecular weight excluding hydrogens is 232 g/mol. The van der Waals surface area contributed by atoms with Gasteiger partial charge in [-0.1, -0.05) is 48.5 Å². The summed E-state index contributed by atoms with van der Waals surface area (Å²) in [5.41, 5.74) is 0.923. The van der Waals surface area contributed by atoms with Gasteiger partial charge in [-0.25, -0.2) is 8.42 Å². The summed E-state index contributed by atoms with van der Waals surface area (Å²) < 4.78 is 23.9. The lowest BCUT2D eigenvalue weighted by molar-refractivity contribution is 0.598. The Kier molecular flexibility index (Phi) is 3.59. The van der Waals surface area contributed by atoms with Crippen molar-refractivity contribution in [3.8, 4) is 0 Å². The first-order chi connectivity index (χ1) is 8.18. The van der Waals surface area contributed by atoms with E-state index in [1.165, 1.54) is 0 Å². The van der Waals surface area contributed by atoms with E-state index in [9.17, 15) is 8.42 Å². The van der Waals surface area contributed by atoms with E-state index in [2.05, 4.69) is 0 Å². The Morgan fingerprint density at radius 3 is 1.94 bits per heavy atom. The minimum Gasteiger partial charge on any atom is -0.224 e. The fourth-order valence-electron chi connectivity index (χ4n) is 1.52. The molecule has 1 radical (unpaired) electrons. The zero-order valence-electron chi connectivity index (χ0n) is 9.28. The average Bonchev–Trinajstić information content (AvgIpc) is 2.39. The quantitative estimate of drug-likeness (QED) is 0.830. The van der Waals surface area contributed by atoms with E-state index < -0.39 is 9.84 Å². The molecule has 0 bridgehead atoms. The summed E-state index contributed by atoms with van der Waals surface area (Å²) in [6.45, 7) is 0. The largest absolute Gasteiger partial charge is 0.224 e. The molecule has 0 aliphatic carbocycles. The van der Waals surface area contributed by atoms with Crippen LogP contribution in [0.2, 0.25) is 0 Å². The highest BCUT2D eigenvalue weighted by Crippen LogP contribution is 2.13. The lowest BCUT2D eigenvalue weighted by atomic mass is 10.2. The molecule has 0 heterocycles. The zero-order valence-corrected chi connectivity index (χ0v) is 10.1. The second-order valence-corrected chi connectivity index (χ2v) is 5.74. The van der Waals surface area contributed by atoms with Crippen LogP contribution in [0.25, 0.3) is 0 Å². The summed E-state index contributed by atoms with van der Waals surface area (Å²) >= 11 is 0. The molecule has 0 spiro atoms. The Labute approximate surface area is 102 Å². The number of sulfone groups is 1. The van der Waals surface area contributed by atoms with Gasteiger partial charge in [-0.3, -0.25) is 0 Å². The van der Waals surface area contributed by atoms with Gasteiger partial charge < -0.3 is 0 Å². The molecule has 17 heavy (non-hydrogen) atoms. The molecule has 2 aromatic carbocycles. The molecular formula is C14H13O2S. The highest BCUT2D eigenvalue weighted by Gasteiger charge is 2.13. The minimum absolute atomic E-state index is 0.0288. The Morgan fingerprint density at radius 2 is 1.35 bits per heavy atom. The second-order valence-electron chi connectivity index (χ2n) is 3.71. The third-order valence-electron chi connectivity index (χ3n) is 2.44. The number of benzene rings is 2. The normalized spacial score (nSPS) is 11.3. The molecule has 0 fully saturated rings. The van der Waals surface area contributed by atoms with Crippen molar-refractivity contribution in [3.63, 3.8) is 0 Å². The summed E-state index contributed by atoms with van der Waals surface area (Å²) in [7, 11) is -3.21. The van der Waals surface area contributed by atoms with Crippen LogP contribution in [0.1, 0.15) is 5.56 Å². The SMILES string of the molecule is O=S(=O)(C[CH]c1ccccc1)c1ccccc1. The molecule has 0 aliphatic rings. The van der Waals surface area contributed by atoms with E-state index in [4.69, 9.17) is 0 Å². The molecule has 2 rings (SSSR count). The number of rotatable bonds is 4. The molecule has 0 unspecified atom stereocenters. The molecule has 0 saturated heterocycles. The molecule has 0 saturated carbocycles. The van der Waals surface area contributed by atoms with Gasteiger partial charge in [0, 0.05) is 6.42 Å².